The highest BCUT2D eigenvalue weighted by Crippen LogP contribution is 2.36. The van der Waals surface area contributed by atoms with Gasteiger partial charge in [-0.2, -0.15) is 0 Å². The van der Waals surface area contributed by atoms with Crippen LogP contribution in [0.25, 0.3) is 32.6 Å². The lowest BCUT2D eigenvalue weighted by atomic mass is 10.1. The molecule has 186 valence electrons. The molecular weight excluding hydrogens is 484 g/mol. The van der Waals surface area contributed by atoms with E-state index < -0.39 is 0 Å². The van der Waals surface area contributed by atoms with Crippen LogP contribution in [0, 0.1) is 0 Å². The molecule has 0 saturated carbocycles. The number of rotatable bonds is 7. The van der Waals surface area contributed by atoms with Gasteiger partial charge >= 0.3 is 0 Å². The van der Waals surface area contributed by atoms with E-state index in [1.165, 1.54) is 0 Å². The van der Waals surface area contributed by atoms with Crippen LogP contribution in [-0.2, 0) is 0 Å². The standard InChI is InChI=1S/C28H26N6O2S/c1-35-26-7-4-19(16-31-26)18-2-5-21(6-3-18)33-28-32-17-20-14-23(27-30-12-13-37-27)25(15-24(20)34-28)36-22-8-10-29-11-9-22/h2-7,12-17,22,29H,8-11H2,1H3,(H,32,33,34). The van der Waals surface area contributed by atoms with Gasteiger partial charge in [0.1, 0.15) is 16.9 Å². The molecule has 1 aliphatic heterocycles. The number of hydrogen-bond donors (Lipinski definition) is 2. The van der Waals surface area contributed by atoms with Crippen molar-refractivity contribution in [2.24, 2.45) is 0 Å². The molecule has 3 aromatic heterocycles. The summed E-state index contributed by atoms with van der Waals surface area (Å²) in [5, 5.41) is 10.6. The molecule has 2 aromatic carbocycles. The number of aromatic nitrogens is 4. The quantitative estimate of drug-likeness (QED) is 0.288. The smallest absolute Gasteiger partial charge is 0.227 e. The van der Waals surface area contributed by atoms with Crippen molar-refractivity contribution in [3.05, 3.63) is 72.5 Å². The van der Waals surface area contributed by atoms with Crippen LogP contribution in [0.1, 0.15) is 12.8 Å². The van der Waals surface area contributed by atoms with Crippen LogP contribution < -0.4 is 20.1 Å². The molecule has 8 nitrogen and oxygen atoms in total. The van der Waals surface area contributed by atoms with E-state index in [9.17, 15) is 0 Å². The van der Waals surface area contributed by atoms with Gasteiger partial charge in [-0.3, -0.25) is 0 Å². The molecule has 0 bridgehead atoms. The number of benzene rings is 2. The third kappa shape index (κ3) is 5.23. The Kier molecular flexibility index (Phi) is 6.62. The molecule has 5 aromatic rings. The minimum Gasteiger partial charge on any atom is -0.490 e. The van der Waals surface area contributed by atoms with E-state index in [0.717, 1.165) is 70.0 Å². The van der Waals surface area contributed by atoms with Crippen LogP contribution in [-0.4, -0.2) is 46.2 Å². The zero-order valence-electron chi connectivity index (χ0n) is 20.3. The van der Waals surface area contributed by atoms with Crippen molar-refractivity contribution in [3.63, 3.8) is 0 Å². The van der Waals surface area contributed by atoms with E-state index in [1.54, 1.807) is 24.6 Å². The first-order valence-corrected chi connectivity index (χ1v) is 13.1. The molecular formula is C28H26N6O2S. The first-order valence-electron chi connectivity index (χ1n) is 12.2. The summed E-state index contributed by atoms with van der Waals surface area (Å²) in [4.78, 5) is 18.2. The van der Waals surface area contributed by atoms with Crippen LogP contribution in [0.5, 0.6) is 11.6 Å². The van der Waals surface area contributed by atoms with E-state index in [0.29, 0.717) is 11.8 Å². The molecule has 0 atom stereocenters. The molecule has 9 heteroatoms. The Morgan fingerprint density at radius 3 is 2.51 bits per heavy atom. The lowest BCUT2D eigenvalue weighted by Crippen LogP contribution is -2.34. The number of ether oxygens (including phenoxy) is 2. The number of nitrogens with one attached hydrogen (secondary N) is 2. The zero-order chi connectivity index (χ0) is 25.0. The van der Waals surface area contributed by atoms with Crippen molar-refractivity contribution in [2.75, 3.05) is 25.5 Å². The summed E-state index contributed by atoms with van der Waals surface area (Å²) >= 11 is 1.60. The minimum absolute atomic E-state index is 0.177. The topological polar surface area (TPSA) is 94.1 Å². The summed E-state index contributed by atoms with van der Waals surface area (Å²) in [6, 6.07) is 16.0. The molecule has 0 radical (unpaired) electrons. The number of fused-ring (bicyclic) bond motifs is 1. The summed E-state index contributed by atoms with van der Waals surface area (Å²) in [5.41, 5.74) is 4.79. The summed E-state index contributed by atoms with van der Waals surface area (Å²) in [5.74, 6) is 1.94. The van der Waals surface area contributed by atoms with Crippen molar-refractivity contribution in [1.29, 1.82) is 0 Å². The van der Waals surface area contributed by atoms with E-state index in [4.69, 9.17) is 14.5 Å². The number of pyridine rings is 1. The Bertz CT molecular complexity index is 1480. The van der Waals surface area contributed by atoms with Gasteiger partial charge in [-0.25, -0.2) is 19.9 Å². The van der Waals surface area contributed by atoms with Gasteiger partial charge in [0.05, 0.1) is 18.2 Å². The van der Waals surface area contributed by atoms with Gasteiger partial charge in [0, 0.05) is 52.7 Å². The number of piperidine rings is 1. The highest BCUT2D eigenvalue weighted by atomic mass is 32.1. The third-order valence-corrected chi connectivity index (χ3v) is 7.15. The molecule has 0 spiro atoms. The van der Waals surface area contributed by atoms with Crippen molar-refractivity contribution < 1.29 is 9.47 Å². The van der Waals surface area contributed by atoms with Gasteiger partial charge in [-0.15, -0.1) is 11.3 Å². The molecule has 4 heterocycles. The van der Waals surface area contributed by atoms with Gasteiger partial charge in [-0.05, 0) is 55.8 Å². The fourth-order valence-corrected chi connectivity index (χ4v) is 5.04. The maximum absolute atomic E-state index is 6.48. The lowest BCUT2D eigenvalue weighted by molar-refractivity contribution is 0.163. The molecule has 0 aliphatic carbocycles. The average molecular weight is 511 g/mol. The normalized spacial score (nSPS) is 14.0. The van der Waals surface area contributed by atoms with Gasteiger partial charge in [-0.1, -0.05) is 12.1 Å². The summed E-state index contributed by atoms with van der Waals surface area (Å²) in [7, 11) is 1.61. The predicted molar refractivity (Wildman–Crippen MR) is 147 cm³/mol. The Hall–Kier alpha value is -4.08. The predicted octanol–water partition coefficient (Wildman–Crippen LogP) is 5.70. The first-order chi connectivity index (χ1) is 18.2. The van der Waals surface area contributed by atoms with E-state index in [-0.39, 0.29) is 6.10 Å². The van der Waals surface area contributed by atoms with Crippen molar-refractivity contribution in [2.45, 2.75) is 18.9 Å². The van der Waals surface area contributed by atoms with Gasteiger partial charge in [0.25, 0.3) is 0 Å². The van der Waals surface area contributed by atoms with Crippen molar-refractivity contribution in [1.82, 2.24) is 25.3 Å². The van der Waals surface area contributed by atoms with Gasteiger partial charge in [0.2, 0.25) is 11.8 Å². The van der Waals surface area contributed by atoms with Crippen LogP contribution in [0.15, 0.2) is 72.5 Å². The second-order valence-electron chi connectivity index (χ2n) is 8.80. The summed E-state index contributed by atoms with van der Waals surface area (Å²) < 4.78 is 11.6. The Morgan fingerprint density at radius 1 is 0.946 bits per heavy atom. The van der Waals surface area contributed by atoms with Crippen LogP contribution >= 0.6 is 11.3 Å². The molecule has 0 unspecified atom stereocenters. The SMILES string of the molecule is COc1ccc(-c2ccc(Nc3ncc4cc(-c5nccs5)c(OC5CCNCC5)cc4n3)cc2)cn1. The zero-order valence-corrected chi connectivity index (χ0v) is 21.2. The molecule has 1 saturated heterocycles. The lowest BCUT2D eigenvalue weighted by Gasteiger charge is -2.25. The molecule has 6 rings (SSSR count). The maximum atomic E-state index is 6.48. The first kappa shape index (κ1) is 23.3. The highest BCUT2D eigenvalue weighted by Gasteiger charge is 2.19. The summed E-state index contributed by atoms with van der Waals surface area (Å²) in [6.07, 6.45) is 7.60. The highest BCUT2D eigenvalue weighted by molar-refractivity contribution is 7.13. The van der Waals surface area contributed by atoms with Crippen LogP contribution in [0.2, 0.25) is 0 Å². The number of methoxy groups -OCH3 is 1. The Balaban J connectivity index is 1.26. The average Bonchev–Trinajstić information content (AvgIpc) is 3.49. The van der Waals surface area contributed by atoms with Gasteiger partial charge in [0.15, 0.2) is 0 Å². The molecule has 2 N–H and O–H groups in total. The van der Waals surface area contributed by atoms with Crippen molar-refractivity contribution >= 4 is 33.9 Å². The number of anilines is 2. The number of nitrogens with zero attached hydrogens (tertiary/aromatic N) is 4. The second kappa shape index (κ2) is 10.5. The fraction of sp³-hybridized carbons (Fsp3) is 0.214. The summed E-state index contributed by atoms with van der Waals surface area (Å²) in [6.45, 7) is 1.93. The minimum atomic E-state index is 0.177. The fourth-order valence-electron chi connectivity index (χ4n) is 4.38. The molecule has 1 aliphatic rings. The number of thiazole rings is 1. The van der Waals surface area contributed by atoms with Crippen LogP contribution in [0.3, 0.4) is 0 Å². The van der Waals surface area contributed by atoms with Crippen molar-refractivity contribution in [3.8, 4) is 33.3 Å². The van der Waals surface area contributed by atoms with E-state index in [2.05, 4.69) is 31.7 Å². The maximum Gasteiger partial charge on any atom is 0.227 e. The second-order valence-corrected chi connectivity index (χ2v) is 9.69. The monoisotopic (exact) mass is 510 g/mol. The third-order valence-electron chi connectivity index (χ3n) is 6.34. The largest absolute Gasteiger partial charge is 0.490 e. The number of hydrogen-bond acceptors (Lipinski definition) is 9. The molecule has 1 fully saturated rings. The Morgan fingerprint density at radius 2 is 1.78 bits per heavy atom. The Labute approximate surface area is 218 Å². The van der Waals surface area contributed by atoms with Crippen LogP contribution in [0.4, 0.5) is 11.6 Å². The van der Waals surface area contributed by atoms with Gasteiger partial charge < -0.3 is 20.1 Å². The molecule has 0 amide bonds. The molecule has 37 heavy (non-hydrogen) atoms. The van der Waals surface area contributed by atoms with E-state index in [1.807, 2.05) is 60.2 Å². The van der Waals surface area contributed by atoms with E-state index >= 15 is 0 Å².